The fraction of sp³-hybridized carbons (Fsp3) is 0.304. The zero-order valence-electron chi connectivity index (χ0n) is 16.3. The van der Waals surface area contributed by atoms with Crippen LogP contribution in [0.2, 0.25) is 0 Å². The van der Waals surface area contributed by atoms with Gasteiger partial charge in [-0.15, -0.1) is 0 Å². The van der Waals surface area contributed by atoms with Gasteiger partial charge in [-0.3, -0.25) is 0 Å². The molecule has 0 atom stereocenters. The van der Waals surface area contributed by atoms with E-state index in [2.05, 4.69) is 0 Å². The van der Waals surface area contributed by atoms with E-state index in [0.717, 1.165) is 33.4 Å². The summed E-state index contributed by atoms with van der Waals surface area (Å²) in [5, 5.41) is 41.2. The van der Waals surface area contributed by atoms with Crippen molar-refractivity contribution in [3.05, 3.63) is 81.3 Å². The van der Waals surface area contributed by atoms with Gasteiger partial charge in [0.25, 0.3) is 0 Å². The number of benzene rings is 2. The molecule has 144 valence electrons. The summed E-state index contributed by atoms with van der Waals surface area (Å²) < 4.78 is 0. The SMILES string of the molecule is Cc1cc(C)cc(C=C(O)C(CO)(CO)C(O)=Cc2cc(C)cc(C)c2)c1. The van der Waals surface area contributed by atoms with Crippen LogP contribution >= 0.6 is 0 Å². The normalized spacial score (nSPS) is 13.1. The summed E-state index contributed by atoms with van der Waals surface area (Å²) in [6.45, 7) is 6.52. The Morgan fingerprint density at radius 2 is 0.963 bits per heavy atom. The molecule has 4 N–H and O–H groups in total. The second-order valence-electron chi connectivity index (χ2n) is 7.30. The minimum atomic E-state index is -1.67. The largest absolute Gasteiger partial charge is 0.511 e. The van der Waals surface area contributed by atoms with Gasteiger partial charge in [0.15, 0.2) is 0 Å². The predicted molar refractivity (Wildman–Crippen MR) is 110 cm³/mol. The van der Waals surface area contributed by atoms with Gasteiger partial charge in [-0.1, -0.05) is 58.7 Å². The van der Waals surface area contributed by atoms with Crippen molar-refractivity contribution >= 4 is 12.2 Å². The van der Waals surface area contributed by atoms with E-state index < -0.39 is 18.6 Å². The van der Waals surface area contributed by atoms with Crippen LogP contribution in [0.25, 0.3) is 12.2 Å². The molecule has 4 heteroatoms. The lowest BCUT2D eigenvalue weighted by Crippen LogP contribution is -2.34. The zero-order chi connectivity index (χ0) is 20.2. The van der Waals surface area contributed by atoms with E-state index in [-0.39, 0.29) is 11.5 Å². The van der Waals surface area contributed by atoms with E-state index in [1.807, 2.05) is 64.1 Å². The molecule has 2 rings (SSSR count). The van der Waals surface area contributed by atoms with Crippen molar-refractivity contribution in [1.29, 1.82) is 0 Å². The summed E-state index contributed by atoms with van der Waals surface area (Å²) >= 11 is 0. The third-order valence-electron chi connectivity index (χ3n) is 4.62. The van der Waals surface area contributed by atoms with Crippen molar-refractivity contribution in [2.24, 2.45) is 5.41 Å². The molecule has 0 aliphatic rings. The molecule has 2 aromatic rings. The molecule has 0 radical (unpaired) electrons. The second kappa shape index (κ2) is 8.42. The molecule has 0 fully saturated rings. The molecule has 0 aliphatic heterocycles. The number of aryl methyl sites for hydroxylation is 4. The molecule has 0 amide bonds. The monoisotopic (exact) mass is 368 g/mol. The Balaban J connectivity index is 2.51. The van der Waals surface area contributed by atoms with Gasteiger partial charge in [0.1, 0.15) is 16.9 Å². The highest BCUT2D eigenvalue weighted by Gasteiger charge is 2.38. The predicted octanol–water partition coefficient (Wildman–Crippen LogP) is 4.39. The van der Waals surface area contributed by atoms with Crippen molar-refractivity contribution in [2.75, 3.05) is 13.2 Å². The lowest BCUT2D eigenvalue weighted by atomic mass is 9.83. The average molecular weight is 368 g/mol. The third kappa shape index (κ3) is 4.79. The van der Waals surface area contributed by atoms with Crippen LogP contribution in [0.5, 0.6) is 0 Å². The molecular weight excluding hydrogens is 340 g/mol. The first-order chi connectivity index (χ1) is 12.7. The second-order valence-corrected chi connectivity index (χ2v) is 7.30. The quantitative estimate of drug-likeness (QED) is 0.570. The molecule has 0 unspecified atom stereocenters. The lowest BCUT2D eigenvalue weighted by Gasteiger charge is -2.28. The molecule has 4 nitrogen and oxygen atoms in total. The molecule has 0 spiro atoms. The van der Waals surface area contributed by atoms with Crippen LogP contribution in [0.15, 0.2) is 47.9 Å². The van der Waals surface area contributed by atoms with Gasteiger partial charge in [0.05, 0.1) is 13.2 Å². The van der Waals surface area contributed by atoms with Gasteiger partial charge in [-0.05, 0) is 51.0 Å². The molecule has 0 bridgehead atoms. The molecule has 0 aliphatic carbocycles. The van der Waals surface area contributed by atoms with Crippen molar-refractivity contribution in [3.63, 3.8) is 0 Å². The van der Waals surface area contributed by atoms with Gasteiger partial charge >= 0.3 is 0 Å². The van der Waals surface area contributed by atoms with Crippen LogP contribution in [-0.2, 0) is 0 Å². The fourth-order valence-electron chi connectivity index (χ4n) is 3.28. The van der Waals surface area contributed by atoms with Crippen molar-refractivity contribution in [3.8, 4) is 0 Å². The Hall–Kier alpha value is -2.56. The summed E-state index contributed by atoms with van der Waals surface area (Å²) in [5.74, 6) is -0.591. The van der Waals surface area contributed by atoms with Crippen molar-refractivity contribution < 1.29 is 20.4 Å². The molecular formula is C23H28O4. The van der Waals surface area contributed by atoms with E-state index in [4.69, 9.17) is 0 Å². The lowest BCUT2D eigenvalue weighted by molar-refractivity contribution is 0.0487. The minimum absolute atomic E-state index is 0.296. The van der Waals surface area contributed by atoms with Crippen LogP contribution < -0.4 is 0 Å². The molecule has 2 aromatic carbocycles. The van der Waals surface area contributed by atoms with E-state index in [0.29, 0.717) is 0 Å². The maximum absolute atomic E-state index is 10.7. The molecule has 0 aromatic heterocycles. The van der Waals surface area contributed by atoms with Gasteiger partial charge < -0.3 is 20.4 Å². The maximum atomic E-state index is 10.7. The van der Waals surface area contributed by atoms with E-state index in [1.54, 1.807) is 0 Å². The first-order valence-corrected chi connectivity index (χ1v) is 8.91. The standard InChI is InChI=1S/C23H28O4/c1-15-5-16(2)8-19(7-15)11-21(26)23(13-24,14-25)22(27)12-20-9-17(3)6-18(4)10-20/h5-12,24-27H,13-14H2,1-4H3. The summed E-state index contributed by atoms with van der Waals surface area (Å²) in [7, 11) is 0. The number of aliphatic hydroxyl groups is 4. The van der Waals surface area contributed by atoms with Crippen LogP contribution in [0, 0.1) is 33.1 Å². The Labute approximate surface area is 160 Å². The third-order valence-corrected chi connectivity index (χ3v) is 4.62. The topological polar surface area (TPSA) is 80.9 Å². The minimum Gasteiger partial charge on any atom is -0.511 e. The van der Waals surface area contributed by atoms with Crippen LogP contribution in [0.4, 0.5) is 0 Å². The van der Waals surface area contributed by atoms with Gasteiger partial charge in [-0.2, -0.15) is 0 Å². The summed E-state index contributed by atoms with van der Waals surface area (Å²) in [5.41, 5.74) is 3.91. The maximum Gasteiger partial charge on any atom is 0.130 e. The molecule has 0 heterocycles. The number of aliphatic hydroxyl groups excluding tert-OH is 4. The van der Waals surface area contributed by atoms with Crippen molar-refractivity contribution in [1.82, 2.24) is 0 Å². The molecule has 0 saturated carbocycles. The smallest absolute Gasteiger partial charge is 0.130 e. The highest BCUT2D eigenvalue weighted by molar-refractivity contribution is 5.60. The number of rotatable bonds is 6. The Morgan fingerprint density at radius 3 is 1.22 bits per heavy atom. The highest BCUT2D eigenvalue weighted by atomic mass is 16.3. The highest BCUT2D eigenvalue weighted by Crippen LogP contribution is 2.35. The Morgan fingerprint density at radius 1 is 0.667 bits per heavy atom. The first-order valence-electron chi connectivity index (χ1n) is 8.91. The van der Waals surface area contributed by atoms with Gasteiger partial charge in [-0.25, -0.2) is 0 Å². The summed E-state index contributed by atoms with van der Waals surface area (Å²) in [6, 6.07) is 11.6. The molecule has 0 saturated heterocycles. The van der Waals surface area contributed by atoms with Crippen LogP contribution in [0.3, 0.4) is 0 Å². The number of hydrogen-bond donors (Lipinski definition) is 4. The zero-order valence-corrected chi connectivity index (χ0v) is 16.3. The summed E-state index contributed by atoms with van der Waals surface area (Å²) in [4.78, 5) is 0. The number of hydrogen-bond acceptors (Lipinski definition) is 4. The Bertz CT molecular complexity index is 764. The Kier molecular flexibility index (Phi) is 6.47. The van der Waals surface area contributed by atoms with Gasteiger partial charge in [0, 0.05) is 0 Å². The van der Waals surface area contributed by atoms with E-state index in [1.165, 1.54) is 12.2 Å². The van der Waals surface area contributed by atoms with Crippen LogP contribution in [-0.4, -0.2) is 33.6 Å². The summed E-state index contributed by atoms with van der Waals surface area (Å²) in [6.07, 6.45) is 2.94. The van der Waals surface area contributed by atoms with Crippen molar-refractivity contribution in [2.45, 2.75) is 27.7 Å². The van der Waals surface area contributed by atoms with E-state index in [9.17, 15) is 20.4 Å². The average Bonchev–Trinajstić information content (AvgIpc) is 2.54. The fourth-order valence-corrected chi connectivity index (χ4v) is 3.28. The first kappa shape index (κ1) is 20.7. The van der Waals surface area contributed by atoms with Crippen LogP contribution in [0.1, 0.15) is 33.4 Å². The van der Waals surface area contributed by atoms with Gasteiger partial charge in [0.2, 0.25) is 0 Å². The van der Waals surface area contributed by atoms with E-state index >= 15 is 0 Å². The molecule has 27 heavy (non-hydrogen) atoms.